The third-order valence-corrected chi connectivity index (χ3v) is 0.768. The number of nitrogens with two attached hydrogens (primary N) is 1. The van der Waals surface area contributed by atoms with Crippen molar-refractivity contribution in [2.75, 3.05) is 0 Å². The minimum atomic E-state index is -1.83. The lowest BCUT2D eigenvalue weighted by atomic mass is 11.5. The van der Waals surface area contributed by atoms with Crippen molar-refractivity contribution in [3.05, 3.63) is 0 Å². The van der Waals surface area contributed by atoms with Crippen LogP contribution in [0.25, 0.3) is 0 Å². The number of rotatable bonds is 1. The second kappa shape index (κ2) is 10.4. The molecule has 5 nitrogen and oxygen atoms in total. The van der Waals surface area contributed by atoms with Crippen LogP contribution in [0.4, 0.5) is 4.79 Å². The molecule has 0 saturated carbocycles. The average molecular weight is 168 g/mol. The highest BCUT2D eigenvalue weighted by Gasteiger charge is 1.70. The van der Waals surface area contributed by atoms with Crippen molar-refractivity contribution in [3.63, 3.8) is 0 Å². The quantitative estimate of drug-likeness (QED) is 0.304. The third kappa shape index (κ3) is 108. The second-order valence-electron chi connectivity index (χ2n) is 0.553. The molecule has 52 valence electrons. The van der Waals surface area contributed by atoms with Crippen LogP contribution in [0, 0.1) is 10.7 Å². The molecular weight excluding hydrogens is 164 g/mol. The molecule has 0 aliphatic rings. The Kier molecular flexibility index (Phi) is 13.0. The Labute approximate surface area is 59.4 Å². The Bertz CT molecular complexity index is 107. The van der Waals surface area contributed by atoms with E-state index in [0.717, 1.165) is 21.8 Å². The van der Waals surface area contributed by atoms with E-state index in [9.17, 15) is 0 Å². The topological polar surface area (TPSA) is 107 Å². The summed E-state index contributed by atoms with van der Waals surface area (Å²) in [5.41, 5.74) is 0. The molecule has 0 radical (unpaired) electrons. The first-order valence-corrected chi connectivity index (χ1v) is 3.69. The van der Waals surface area contributed by atoms with Crippen molar-refractivity contribution in [1.29, 1.82) is 5.26 Å². The first-order chi connectivity index (χ1) is 4.15. The predicted octanol–water partition coefficient (Wildman–Crippen LogP) is 0.945. The van der Waals surface area contributed by atoms with Crippen LogP contribution < -0.4 is 5.14 Å². The van der Waals surface area contributed by atoms with Gasteiger partial charge in [0.15, 0.2) is 0 Å². The maximum absolute atomic E-state index is 8.56. The van der Waals surface area contributed by atoms with Gasteiger partial charge in [-0.05, 0) is 0 Å². The van der Waals surface area contributed by atoms with E-state index in [2.05, 4.69) is 0 Å². The Hall–Kier alpha value is -0.580. The summed E-state index contributed by atoms with van der Waals surface area (Å²) < 4.78 is 0. The fraction of sp³-hybridized carbons (Fsp3) is 0. The van der Waals surface area contributed by atoms with E-state index in [-0.39, 0.29) is 0 Å². The van der Waals surface area contributed by atoms with E-state index in [1.807, 2.05) is 0 Å². The molecule has 0 aliphatic heterocycles. The van der Waals surface area contributed by atoms with Crippen LogP contribution in [0.5, 0.6) is 0 Å². The highest BCUT2D eigenvalue weighted by molar-refractivity contribution is 8.77. The summed E-state index contributed by atoms with van der Waals surface area (Å²) in [5.74, 6) is 0. The Morgan fingerprint density at radius 2 is 2.00 bits per heavy atom. The van der Waals surface area contributed by atoms with Crippen molar-refractivity contribution in [3.8, 4) is 5.40 Å². The SMILES string of the molecule is N#CSSN.O=C(O)O. The van der Waals surface area contributed by atoms with Gasteiger partial charge in [-0.3, -0.25) is 5.14 Å². The molecule has 9 heavy (non-hydrogen) atoms. The van der Waals surface area contributed by atoms with Crippen LogP contribution in [0.2, 0.25) is 0 Å². The molecular formula is C2H4N2O3S2. The zero-order chi connectivity index (χ0) is 7.70. The highest BCUT2D eigenvalue weighted by atomic mass is 33.1. The maximum atomic E-state index is 8.56. The summed E-state index contributed by atoms with van der Waals surface area (Å²) in [5, 5.41) is 28.2. The van der Waals surface area contributed by atoms with Crippen molar-refractivity contribution in [2.24, 2.45) is 5.14 Å². The molecule has 0 atom stereocenters. The smallest absolute Gasteiger partial charge is 0.450 e. The van der Waals surface area contributed by atoms with Gasteiger partial charge in [-0.15, -0.1) is 0 Å². The molecule has 0 aromatic heterocycles. The number of thiocyanates is 1. The molecule has 0 amide bonds. The van der Waals surface area contributed by atoms with E-state index in [4.69, 9.17) is 25.4 Å². The van der Waals surface area contributed by atoms with Gasteiger partial charge in [0.05, 0.1) is 0 Å². The van der Waals surface area contributed by atoms with Gasteiger partial charge in [0.1, 0.15) is 5.40 Å². The standard InChI is InChI=1S/CH2N2S2.CH2O3/c2-1-4-5-3;2-1(3)4/h3H2;(H2,2,3,4). The van der Waals surface area contributed by atoms with Gasteiger partial charge in [-0.1, -0.05) is 0 Å². The van der Waals surface area contributed by atoms with Gasteiger partial charge in [0.2, 0.25) is 0 Å². The normalized spacial score (nSPS) is 6.22. The predicted molar refractivity (Wildman–Crippen MR) is 35.6 cm³/mol. The fourth-order valence-corrected chi connectivity index (χ4v) is 0.194. The molecule has 0 saturated heterocycles. The minimum absolute atomic E-state index is 0.957. The highest BCUT2D eigenvalue weighted by Crippen LogP contribution is 2.08. The van der Waals surface area contributed by atoms with E-state index in [0.29, 0.717) is 0 Å². The summed E-state index contributed by atoms with van der Waals surface area (Å²) in [6.07, 6.45) is -1.83. The molecule has 0 bridgehead atoms. The van der Waals surface area contributed by atoms with E-state index >= 15 is 0 Å². The molecule has 0 rings (SSSR count). The number of hydrogen-bond acceptors (Lipinski definition) is 5. The Balaban J connectivity index is 0. The number of carbonyl (C=O) groups is 1. The summed E-state index contributed by atoms with van der Waals surface area (Å²) in [4.78, 5) is 8.56. The van der Waals surface area contributed by atoms with Crippen LogP contribution in [0.15, 0.2) is 0 Å². The van der Waals surface area contributed by atoms with Gasteiger partial charge in [0.25, 0.3) is 0 Å². The van der Waals surface area contributed by atoms with Gasteiger partial charge >= 0.3 is 6.16 Å². The molecule has 4 N–H and O–H groups in total. The second-order valence-corrected chi connectivity index (χ2v) is 2.17. The molecule has 0 aromatic carbocycles. The number of nitrogens with zero attached hydrogens (tertiary/aromatic N) is 1. The lowest BCUT2D eigenvalue weighted by molar-refractivity contribution is 0.137. The van der Waals surface area contributed by atoms with Crippen LogP contribution >= 0.6 is 21.8 Å². The zero-order valence-electron chi connectivity index (χ0n) is 4.14. The molecule has 0 fully saturated rings. The summed E-state index contributed by atoms with van der Waals surface area (Å²) in [6.45, 7) is 0. The van der Waals surface area contributed by atoms with Gasteiger partial charge in [-0.25, -0.2) is 4.79 Å². The van der Waals surface area contributed by atoms with E-state index in [1.165, 1.54) is 0 Å². The van der Waals surface area contributed by atoms with Gasteiger partial charge < -0.3 is 10.2 Å². The molecule has 0 spiro atoms. The lowest BCUT2D eigenvalue weighted by Gasteiger charge is -1.66. The Morgan fingerprint density at radius 1 is 1.67 bits per heavy atom. The maximum Gasteiger partial charge on any atom is 0.503 e. The minimum Gasteiger partial charge on any atom is -0.450 e. The average Bonchev–Trinajstić information content (AvgIpc) is 1.66. The monoisotopic (exact) mass is 168 g/mol. The van der Waals surface area contributed by atoms with Crippen molar-refractivity contribution in [1.82, 2.24) is 0 Å². The van der Waals surface area contributed by atoms with E-state index in [1.54, 1.807) is 5.40 Å². The van der Waals surface area contributed by atoms with Crippen molar-refractivity contribution >= 4 is 27.9 Å². The molecule has 7 heteroatoms. The Morgan fingerprint density at radius 3 is 2.00 bits per heavy atom. The van der Waals surface area contributed by atoms with Crippen LogP contribution in [0.3, 0.4) is 0 Å². The fourth-order valence-electron chi connectivity index (χ4n) is 0.0215. The lowest BCUT2D eigenvalue weighted by Crippen LogP contribution is -1.81. The zero-order valence-corrected chi connectivity index (χ0v) is 5.78. The van der Waals surface area contributed by atoms with Crippen LogP contribution in [-0.4, -0.2) is 16.4 Å². The van der Waals surface area contributed by atoms with Crippen LogP contribution in [-0.2, 0) is 0 Å². The van der Waals surface area contributed by atoms with Crippen molar-refractivity contribution in [2.45, 2.75) is 0 Å². The number of hydrogen-bond donors (Lipinski definition) is 3. The van der Waals surface area contributed by atoms with E-state index < -0.39 is 6.16 Å². The number of carboxylic acid groups (broad SMARTS) is 2. The van der Waals surface area contributed by atoms with Crippen molar-refractivity contribution < 1.29 is 15.0 Å². The van der Waals surface area contributed by atoms with Gasteiger partial charge in [-0.2, -0.15) is 5.26 Å². The van der Waals surface area contributed by atoms with Crippen LogP contribution in [0.1, 0.15) is 0 Å². The largest absolute Gasteiger partial charge is 0.503 e. The summed E-state index contributed by atoms with van der Waals surface area (Å²) >= 11 is 0. The third-order valence-electron chi connectivity index (χ3n) is 0.0854. The first kappa shape index (κ1) is 11.2. The van der Waals surface area contributed by atoms with Gasteiger partial charge in [0, 0.05) is 21.8 Å². The molecule has 0 aromatic rings. The summed E-state index contributed by atoms with van der Waals surface area (Å²) in [6, 6.07) is 0. The molecule has 0 aliphatic carbocycles. The number of nitriles is 1. The summed E-state index contributed by atoms with van der Waals surface area (Å²) in [7, 11) is 1.92. The molecule has 0 heterocycles. The first-order valence-electron chi connectivity index (χ1n) is 1.48. The molecule has 0 unspecified atom stereocenters.